The molecule has 0 radical (unpaired) electrons. The van der Waals surface area contributed by atoms with E-state index >= 15 is 0 Å². The molecule has 0 aromatic carbocycles. The van der Waals surface area contributed by atoms with Gasteiger partial charge in [-0.05, 0) is 12.8 Å². The van der Waals surface area contributed by atoms with Crippen LogP contribution >= 0.6 is 24.8 Å². The zero-order valence-electron chi connectivity index (χ0n) is 4.55. The summed E-state index contributed by atoms with van der Waals surface area (Å²) in [6.45, 7) is 0. The predicted molar refractivity (Wildman–Crippen MR) is 42.6 cm³/mol. The molecule has 1 N–H and O–H groups in total. The lowest BCUT2D eigenvalue weighted by molar-refractivity contribution is 0.704. The Hall–Kier alpha value is 0.240. The number of hydrogen-bond acceptors (Lipinski definition) is 2. The van der Waals surface area contributed by atoms with Gasteiger partial charge < -0.3 is 5.32 Å². The lowest BCUT2D eigenvalue weighted by Crippen LogP contribution is -2.25. The summed E-state index contributed by atoms with van der Waals surface area (Å²) in [5.74, 6) is 0.903. The molecule has 0 aliphatic carbocycles. The highest BCUT2D eigenvalue weighted by molar-refractivity contribution is 7.80. The quantitative estimate of drug-likeness (QED) is 0.424. The Bertz CT molecular complexity index is 103. The van der Waals surface area contributed by atoms with Crippen LogP contribution in [-0.4, -0.2) is 16.8 Å². The van der Waals surface area contributed by atoms with Crippen molar-refractivity contribution in [1.82, 2.24) is 5.32 Å². The second kappa shape index (κ2) is 2.69. The van der Waals surface area contributed by atoms with Crippen molar-refractivity contribution < 1.29 is 0 Å². The molecule has 0 aromatic rings. The van der Waals surface area contributed by atoms with Crippen molar-refractivity contribution in [3.05, 3.63) is 0 Å². The summed E-state index contributed by atoms with van der Waals surface area (Å²) in [5, 5.41) is 3.16. The van der Waals surface area contributed by atoms with Crippen molar-refractivity contribution in [1.29, 1.82) is 0 Å². The van der Waals surface area contributed by atoms with E-state index in [9.17, 15) is 0 Å². The van der Waals surface area contributed by atoms with Crippen molar-refractivity contribution in [3.63, 3.8) is 0 Å². The van der Waals surface area contributed by atoms with Crippen molar-refractivity contribution in [2.24, 2.45) is 0 Å². The zero-order chi connectivity index (χ0) is 5.98. The van der Waals surface area contributed by atoms with Crippen molar-refractivity contribution in [2.45, 2.75) is 18.9 Å². The van der Waals surface area contributed by atoms with Gasteiger partial charge in [-0.3, -0.25) is 0 Å². The van der Waals surface area contributed by atoms with Crippen LogP contribution in [0.4, 0.5) is 0 Å². The Balaban J connectivity index is 2.32. The number of thiocarbonyl (C=S) groups is 1. The summed E-state index contributed by atoms with van der Waals surface area (Å²) in [6.07, 6.45) is 2.23. The van der Waals surface area contributed by atoms with Gasteiger partial charge in [-0.25, -0.2) is 0 Å². The van der Waals surface area contributed by atoms with Gasteiger partial charge in [0.2, 0.25) is 0 Å². The highest BCUT2D eigenvalue weighted by Gasteiger charge is 2.15. The SMILES string of the molecule is S=C1CCC(CS)N1. The molecule has 8 heavy (non-hydrogen) atoms. The minimum absolute atomic E-state index is 0.547. The van der Waals surface area contributed by atoms with Crippen molar-refractivity contribution in [3.8, 4) is 0 Å². The molecule has 46 valence electrons. The van der Waals surface area contributed by atoms with E-state index in [4.69, 9.17) is 12.2 Å². The largest absolute Gasteiger partial charge is 0.376 e. The van der Waals surface area contributed by atoms with Gasteiger partial charge in [-0.15, -0.1) is 0 Å². The Morgan fingerprint density at radius 1 is 1.88 bits per heavy atom. The first-order chi connectivity index (χ1) is 3.83. The molecular weight excluding hydrogens is 138 g/mol. The Morgan fingerprint density at radius 2 is 2.62 bits per heavy atom. The fourth-order valence-corrected chi connectivity index (χ4v) is 1.37. The number of hydrogen-bond donors (Lipinski definition) is 2. The zero-order valence-corrected chi connectivity index (χ0v) is 6.27. The third kappa shape index (κ3) is 1.36. The molecular formula is C5H9NS2. The smallest absolute Gasteiger partial charge is 0.0756 e. The van der Waals surface area contributed by atoms with Gasteiger partial charge in [-0.1, -0.05) is 12.2 Å². The van der Waals surface area contributed by atoms with Gasteiger partial charge in [0.15, 0.2) is 0 Å². The predicted octanol–water partition coefficient (Wildman–Crippen LogP) is 0.996. The van der Waals surface area contributed by atoms with Crippen LogP contribution in [0.3, 0.4) is 0 Å². The van der Waals surface area contributed by atoms with Crippen molar-refractivity contribution in [2.75, 3.05) is 5.75 Å². The summed E-state index contributed by atoms with van der Waals surface area (Å²) in [6, 6.07) is 0.547. The van der Waals surface area contributed by atoms with Crippen LogP contribution in [0.25, 0.3) is 0 Å². The van der Waals surface area contributed by atoms with Gasteiger partial charge in [-0.2, -0.15) is 12.6 Å². The summed E-state index contributed by atoms with van der Waals surface area (Å²) >= 11 is 9.05. The maximum atomic E-state index is 4.92. The molecule has 1 heterocycles. The van der Waals surface area contributed by atoms with E-state index in [2.05, 4.69) is 17.9 Å². The van der Waals surface area contributed by atoms with Gasteiger partial charge in [0.1, 0.15) is 0 Å². The fraction of sp³-hybridized carbons (Fsp3) is 0.800. The van der Waals surface area contributed by atoms with Gasteiger partial charge >= 0.3 is 0 Å². The van der Waals surface area contributed by atoms with Gasteiger partial charge in [0, 0.05) is 11.8 Å². The molecule has 3 heteroatoms. The van der Waals surface area contributed by atoms with Crippen LogP contribution in [0.5, 0.6) is 0 Å². The van der Waals surface area contributed by atoms with Crippen LogP contribution < -0.4 is 5.32 Å². The van der Waals surface area contributed by atoms with Crippen molar-refractivity contribution >= 4 is 29.8 Å². The third-order valence-electron chi connectivity index (χ3n) is 1.31. The standard InChI is InChI=1S/C5H9NS2/c7-3-4-1-2-5(8)6-4/h4,7H,1-3H2,(H,6,8). The Kier molecular flexibility index (Phi) is 2.14. The van der Waals surface area contributed by atoms with E-state index in [1.54, 1.807) is 0 Å². The topological polar surface area (TPSA) is 12.0 Å². The molecule has 1 rings (SSSR count). The van der Waals surface area contributed by atoms with E-state index in [-0.39, 0.29) is 0 Å². The summed E-state index contributed by atoms with van der Waals surface area (Å²) in [5.41, 5.74) is 0. The molecule has 0 spiro atoms. The normalized spacial score (nSPS) is 28.1. The Morgan fingerprint density at radius 3 is 2.88 bits per heavy atom. The highest BCUT2D eigenvalue weighted by Crippen LogP contribution is 2.08. The molecule has 0 saturated carbocycles. The second-order valence-electron chi connectivity index (χ2n) is 1.99. The summed E-state index contributed by atoms with van der Waals surface area (Å²) in [7, 11) is 0. The lowest BCUT2D eigenvalue weighted by atomic mass is 10.3. The minimum atomic E-state index is 0.547. The maximum absolute atomic E-state index is 4.92. The molecule has 1 nitrogen and oxygen atoms in total. The lowest BCUT2D eigenvalue weighted by Gasteiger charge is -2.03. The first-order valence-electron chi connectivity index (χ1n) is 2.73. The van der Waals surface area contributed by atoms with E-state index in [1.807, 2.05) is 0 Å². The molecule has 1 saturated heterocycles. The highest BCUT2D eigenvalue weighted by atomic mass is 32.1. The van der Waals surface area contributed by atoms with E-state index in [0.717, 1.165) is 17.2 Å². The van der Waals surface area contributed by atoms with Crippen LogP contribution in [0, 0.1) is 0 Å². The van der Waals surface area contributed by atoms with Gasteiger partial charge in [0.25, 0.3) is 0 Å². The molecule has 1 aliphatic rings. The molecule has 1 fully saturated rings. The first kappa shape index (κ1) is 6.36. The number of thiol groups is 1. The molecule has 1 atom stereocenters. The summed E-state index contributed by atoms with van der Waals surface area (Å²) < 4.78 is 0. The molecule has 1 aliphatic heterocycles. The summed E-state index contributed by atoms with van der Waals surface area (Å²) in [4.78, 5) is 1.00. The number of rotatable bonds is 1. The minimum Gasteiger partial charge on any atom is -0.376 e. The number of nitrogens with one attached hydrogen (secondary N) is 1. The average molecular weight is 147 g/mol. The third-order valence-corrected chi connectivity index (χ3v) is 2.07. The Labute approximate surface area is 60.3 Å². The van der Waals surface area contributed by atoms with E-state index < -0.39 is 0 Å². The van der Waals surface area contributed by atoms with E-state index in [0.29, 0.717) is 6.04 Å². The van der Waals surface area contributed by atoms with Crippen LogP contribution in [0.1, 0.15) is 12.8 Å². The van der Waals surface area contributed by atoms with Gasteiger partial charge in [0.05, 0.1) is 4.99 Å². The first-order valence-corrected chi connectivity index (χ1v) is 3.77. The molecule has 0 bridgehead atoms. The molecule has 1 unspecified atom stereocenters. The second-order valence-corrected chi connectivity index (χ2v) is 2.84. The monoisotopic (exact) mass is 147 g/mol. The van der Waals surface area contributed by atoms with E-state index in [1.165, 1.54) is 6.42 Å². The van der Waals surface area contributed by atoms with Crippen LogP contribution in [0.15, 0.2) is 0 Å². The maximum Gasteiger partial charge on any atom is 0.0756 e. The van der Waals surface area contributed by atoms with Crippen LogP contribution in [0.2, 0.25) is 0 Å². The molecule has 0 aromatic heterocycles. The average Bonchev–Trinajstić information content (AvgIpc) is 2.14. The van der Waals surface area contributed by atoms with Crippen LogP contribution in [-0.2, 0) is 0 Å². The fourth-order valence-electron chi connectivity index (χ4n) is 0.814. The molecule has 0 amide bonds.